The number of anilines is 8. The Balaban J connectivity index is 1.09. The third-order valence-corrected chi connectivity index (χ3v) is 22.7. The van der Waals surface area contributed by atoms with Gasteiger partial charge in [-0.3, -0.25) is 0 Å². The van der Waals surface area contributed by atoms with E-state index in [0.717, 1.165) is 30.5 Å². The lowest BCUT2D eigenvalue weighted by molar-refractivity contribution is 0.194. The van der Waals surface area contributed by atoms with Gasteiger partial charge in [0.25, 0.3) is 6.71 Å². The van der Waals surface area contributed by atoms with Gasteiger partial charge < -0.3 is 19.1 Å². The Kier molecular flexibility index (Phi) is 10.2. The molecule has 78 heavy (non-hydrogen) atoms. The zero-order valence-corrected chi connectivity index (χ0v) is 50.6. The number of rotatable bonds is 3. The number of hydrogen-bond acceptors (Lipinski definition) is 4. The first-order valence-corrected chi connectivity index (χ1v) is 30.3. The summed E-state index contributed by atoms with van der Waals surface area (Å²) in [6.07, 6.45) is 11.9. The maximum atomic E-state index is 7.79. The highest BCUT2D eigenvalue weighted by Crippen LogP contribution is 2.63. The van der Waals surface area contributed by atoms with E-state index in [1.54, 1.807) is 5.56 Å². The van der Waals surface area contributed by atoms with Gasteiger partial charge in [0.15, 0.2) is 0 Å². The Labute approximate surface area is 468 Å². The second-order valence-electron chi connectivity index (χ2n) is 30.7. The van der Waals surface area contributed by atoms with Crippen LogP contribution in [0.4, 0.5) is 45.5 Å². The molecule has 4 nitrogen and oxygen atoms in total. The van der Waals surface area contributed by atoms with Gasteiger partial charge in [-0.2, -0.15) is 0 Å². The van der Waals surface area contributed by atoms with Crippen molar-refractivity contribution >= 4 is 79.8 Å². The zero-order valence-electron chi connectivity index (χ0n) is 50.6. The third-order valence-electron chi connectivity index (χ3n) is 22.7. The van der Waals surface area contributed by atoms with Crippen molar-refractivity contribution < 1.29 is 4.42 Å². The molecule has 1 fully saturated rings. The van der Waals surface area contributed by atoms with Crippen LogP contribution in [0.25, 0.3) is 11.0 Å². The van der Waals surface area contributed by atoms with Crippen LogP contribution in [0, 0.1) is 20.8 Å². The van der Waals surface area contributed by atoms with E-state index in [9.17, 15) is 0 Å². The summed E-state index contributed by atoms with van der Waals surface area (Å²) in [6, 6.07) is 37.8. The van der Waals surface area contributed by atoms with E-state index in [1.165, 1.54) is 157 Å². The van der Waals surface area contributed by atoms with Gasteiger partial charge in [-0.05, 0) is 245 Å². The second kappa shape index (κ2) is 15.8. The van der Waals surface area contributed by atoms with E-state index in [-0.39, 0.29) is 50.2 Å². The van der Waals surface area contributed by atoms with Gasteiger partial charge in [0, 0.05) is 50.6 Å². The molecule has 7 aromatic rings. The molecule has 3 aliphatic heterocycles. The number of nitrogens with zero attached hydrogens (tertiary/aromatic N) is 3. The molecule has 2 atom stereocenters. The van der Waals surface area contributed by atoms with Crippen LogP contribution >= 0.6 is 0 Å². The van der Waals surface area contributed by atoms with Crippen molar-refractivity contribution in [2.24, 2.45) is 0 Å². The van der Waals surface area contributed by atoms with E-state index in [4.69, 9.17) is 4.42 Å². The van der Waals surface area contributed by atoms with Crippen LogP contribution in [0.2, 0.25) is 0 Å². The normalized spacial score (nSPS) is 24.8. The average molecular weight is 1030 g/mol. The summed E-state index contributed by atoms with van der Waals surface area (Å²) in [5, 5.41) is 1.23. The lowest BCUT2D eigenvalue weighted by atomic mass is 9.35. The van der Waals surface area contributed by atoms with Crippen LogP contribution in [0.3, 0.4) is 0 Å². The van der Waals surface area contributed by atoms with Crippen molar-refractivity contribution in [2.45, 2.75) is 225 Å². The van der Waals surface area contributed by atoms with Gasteiger partial charge in [0.2, 0.25) is 0 Å². The fraction of sp³-hybridized carbons (Fsp3) is 0.479. The molecule has 4 aliphatic carbocycles. The van der Waals surface area contributed by atoms with Crippen LogP contribution in [0.15, 0.2) is 95.4 Å². The summed E-state index contributed by atoms with van der Waals surface area (Å²) in [5.41, 5.74) is 29.6. The van der Waals surface area contributed by atoms with Crippen LogP contribution in [0.5, 0.6) is 0 Å². The molecule has 1 saturated carbocycles. The van der Waals surface area contributed by atoms with E-state index < -0.39 is 0 Å². The molecule has 4 heterocycles. The predicted octanol–water partition coefficient (Wildman–Crippen LogP) is 18.2. The Morgan fingerprint density at radius 1 is 0.423 bits per heavy atom. The summed E-state index contributed by atoms with van der Waals surface area (Å²) < 4.78 is 7.79. The molecule has 0 N–H and O–H groups in total. The lowest BCUT2D eigenvalue weighted by Gasteiger charge is -2.51. The third kappa shape index (κ3) is 6.72. The summed E-state index contributed by atoms with van der Waals surface area (Å²) in [5.74, 6) is 0. The molecule has 0 spiro atoms. The molecule has 5 heteroatoms. The quantitative estimate of drug-likeness (QED) is 0.165. The maximum Gasteiger partial charge on any atom is 0.297 e. The summed E-state index contributed by atoms with van der Waals surface area (Å²) in [7, 11) is 0. The van der Waals surface area contributed by atoms with E-state index in [2.05, 4.69) is 223 Å². The number of hydrogen-bond donors (Lipinski definition) is 0. The van der Waals surface area contributed by atoms with Gasteiger partial charge in [0.05, 0.1) is 16.9 Å². The molecular weight excluding hydrogens is 946 g/mol. The predicted molar refractivity (Wildman–Crippen MR) is 333 cm³/mol. The van der Waals surface area contributed by atoms with Crippen LogP contribution in [-0.4, -0.2) is 12.3 Å². The summed E-state index contributed by atoms with van der Waals surface area (Å²) >= 11 is 0. The van der Waals surface area contributed by atoms with Crippen LogP contribution in [0.1, 0.15) is 217 Å². The molecular formula is C73H86BN3O. The first-order valence-electron chi connectivity index (χ1n) is 30.3. The van der Waals surface area contributed by atoms with Crippen molar-refractivity contribution in [1.29, 1.82) is 0 Å². The minimum Gasteiger partial charge on any atom is -0.468 e. The molecule has 2 unspecified atom stereocenters. The van der Waals surface area contributed by atoms with Crippen molar-refractivity contribution in [1.82, 2.24) is 0 Å². The zero-order chi connectivity index (χ0) is 55.0. The Morgan fingerprint density at radius 3 is 1.49 bits per heavy atom. The van der Waals surface area contributed by atoms with E-state index in [1.807, 2.05) is 0 Å². The van der Waals surface area contributed by atoms with Crippen LogP contribution in [-0.2, 0) is 37.9 Å². The Bertz CT molecular complexity index is 3770. The average Bonchev–Trinajstić information content (AvgIpc) is 3.46. The smallest absolute Gasteiger partial charge is 0.297 e. The number of aryl methyl sites for hydroxylation is 3. The molecule has 0 radical (unpaired) electrons. The topological polar surface area (TPSA) is 22.9 Å². The van der Waals surface area contributed by atoms with Gasteiger partial charge >= 0.3 is 0 Å². The fourth-order valence-electron chi connectivity index (χ4n) is 17.6. The minimum absolute atomic E-state index is 0.0312. The Hall–Kier alpha value is -5.68. The van der Waals surface area contributed by atoms with Gasteiger partial charge in [0.1, 0.15) is 5.58 Å². The maximum absolute atomic E-state index is 7.79. The molecule has 0 bridgehead atoms. The van der Waals surface area contributed by atoms with Crippen molar-refractivity contribution in [3.8, 4) is 0 Å². The second-order valence-corrected chi connectivity index (χ2v) is 30.7. The first-order chi connectivity index (χ1) is 36.6. The van der Waals surface area contributed by atoms with E-state index in [0.29, 0.717) is 0 Å². The van der Waals surface area contributed by atoms with Crippen molar-refractivity contribution in [2.75, 3.05) is 14.7 Å². The molecule has 1 aromatic heterocycles. The minimum atomic E-state index is -0.139. The molecule has 0 amide bonds. The van der Waals surface area contributed by atoms with Gasteiger partial charge in [-0.15, -0.1) is 0 Å². The van der Waals surface area contributed by atoms with Gasteiger partial charge in [-0.1, -0.05) is 127 Å². The summed E-state index contributed by atoms with van der Waals surface area (Å²) in [4.78, 5) is 8.19. The van der Waals surface area contributed by atoms with Crippen molar-refractivity contribution in [3.05, 3.63) is 147 Å². The molecule has 6 aromatic carbocycles. The largest absolute Gasteiger partial charge is 0.468 e. The molecule has 0 saturated heterocycles. The fourth-order valence-corrected chi connectivity index (χ4v) is 17.6. The molecule has 7 aliphatic rings. The molecule has 402 valence electrons. The standard InChI is InChI=1S/C73H86BN3O/c1-43-34-45(3)62-58(35-43)77(73(17)27-19-18-26-72(62,73)16)48-22-25-56-57(40-48)75(46-20-23-50-52(38-46)68(8,9)30-28-66(50,4)5)59-36-44(2)37-60-63(59)74(56)65-64(49-41-54-55(42-61(49)78-65)71(14,15)33-32-70(54,12)13)76(60)47-21-24-51-53(39-47)69(10,11)31-29-67(51,6)7/h20-25,34-42H,18-19,26-33H2,1-17H3. The number of furan rings is 1. The van der Waals surface area contributed by atoms with E-state index >= 15 is 0 Å². The highest BCUT2D eigenvalue weighted by molar-refractivity contribution is 7.00. The molecule has 14 rings (SSSR count). The Morgan fingerprint density at radius 2 is 0.897 bits per heavy atom. The van der Waals surface area contributed by atoms with Crippen LogP contribution < -0.4 is 31.3 Å². The lowest BCUT2D eigenvalue weighted by Crippen LogP contribution is -2.61. The number of fused-ring (bicyclic) bond motifs is 12. The number of benzene rings is 6. The SMILES string of the molecule is Cc1cc2c3c(c1)N(c1ccc4c(c1)C(C)(C)CCC4(C)C)c1c(oc4cc5c(cc14)C(C)(C)CCC5(C)C)B3c1ccc(N3c4cc(C)cc(C)c4C4(C)CCCCC34C)cc1N2c1ccc2c(c1)C(C)(C)CCC2(C)C. The first kappa shape index (κ1) is 50.5. The highest BCUT2D eigenvalue weighted by Gasteiger charge is 2.59. The van der Waals surface area contributed by atoms with Gasteiger partial charge in [-0.25, -0.2) is 0 Å². The monoisotopic (exact) mass is 1030 g/mol. The van der Waals surface area contributed by atoms with Crippen molar-refractivity contribution in [3.63, 3.8) is 0 Å². The highest BCUT2D eigenvalue weighted by atomic mass is 16.3. The summed E-state index contributed by atoms with van der Waals surface area (Å²) in [6.45, 7) is 41.7.